The first-order valence-corrected chi connectivity index (χ1v) is 13.1. The normalized spacial score (nSPS) is 13.7. The Hall–Kier alpha value is -4.26. The monoisotopic (exact) mass is 561 g/mol. The predicted molar refractivity (Wildman–Crippen MR) is 158 cm³/mol. The Morgan fingerprint density at radius 2 is 1.76 bits per heavy atom. The van der Waals surface area contributed by atoms with E-state index in [0.717, 1.165) is 49.1 Å². The Morgan fingerprint density at radius 1 is 1.05 bits per heavy atom. The van der Waals surface area contributed by atoms with Crippen molar-refractivity contribution < 1.29 is 18.0 Å². The lowest BCUT2D eigenvalue weighted by Crippen LogP contribution is -2.44. The Kier molecular flexibility index (Phi) is 11.0. The number of likely N-dealkylation sites (N-methyl/N-ethyl adjacent to an activating group) is 1. The molecule has 0 radical (unpaired) electrons. The van der Waals surface area contributed by atoms with Crippen LogP contribution < -0.4 is 5.32 Å². The number of carbonyl (C=O) groups excluding carboxylic acids is 1. The van der Waals surface area contributed by atoms with E-state index in [-0.39, 0.29) is 23.4 Å². The van der Waals surface area contributed by atoms with Gasteiger partial charge in [-0.15, -0.1) is 0 Å². The summed E-state index contributed by atoms with van der Waals surface area (Å²) in [5, 5.41) is 18.6. The molecule has 41 heavy (non-hydrogen) atoms. The molecule has 6 nitrogen and oxygen atoms in total. The Morgan fingerprint density at radius 3 is 2.39 bits per heavy atom. The average molecular weight is 562 g/mol. The fraction of sp³-hybridized carbons (Fsp3) is 0.281. The van der Waals surface area contributed by atoms with Crippen LogP contribution in [0.15, 0.2) is 60.7 Å². The molecule has 0 atom stereocenters. The summed E-state index contributed by atoms with van der Waals surface area (Å²) >= 11 is 0. The van der Waals surface area contributed by atoms with Crippen molar-refractivity contribution in [3.8, 4) is 11.8 Å². The third kappa shape index (κ3) is 8.87. The van der Waals surface area contributed by atoms with Crippen molar-refractivity contribution in [1.29, 1.82) is 10.8 Å². The molecule has 0 unspecified atom stereocenters. The Balaban J connectivity index is 0.000000226. The zero-order chi connectivity index (χ0) is 30.0. The summed E-state index contributed by atoms with van der Waals surface area (Å²) in [6.07, 6.45) is -2.74. The standard InChI is InChI=1S/C18H17N3.C14H17F3N2O/c1-13-7-9-16(21-2)11-14(13)8-10-18(20)17-6-4-3-5-15(17)12-19;1-18-4-6-19(7-5-18)9-12-3-2-11(10-20)8-13(12)14(15,16)17/h3-7,9,11-12,19-21H,1-2H3;2-3,8,10H,4-7,9H2,1H3. The van der Waals surface area contributed by atoms with Gasteiger partial charge in [0.15, 0.2) is 0 Å². The number of anilines is 1. The summed E-state index contributed by atoms with van der Waals surface area (Å²) in [5.41, 5.74) is 4.17. The minimum absolute atomic E-state index is 0.0550. The number of piperazine rings is 1. The van der Waals surface area contributed by atoms with Crippen molar-refractivity contribution in [2.75, 3.05) is 45.6 Å². The molecule has 214 valence electrons. The van der Waals surface area contributed by atoms with Crippen LogP contribution in [0.3, 0.4) is 0 Å². The highest BCUT2D eigenvalue weighted by molar-refractivity contribution is 6.14. The number of alkyl halides is 3. The molecule has 4 rings (SSSR count). The summed E-state index contributed by atoms with van der Waals surface area (Å²) < 4.78 is 39.1. The van der Waals surface area contributed by atoms with Crippen molar-refractivity contribution >= 4 is 23.9 Å². The molecule has 0 spiro atoms. The van der Waals surface area contributed by atoms with E-state index in [9.17, 15) is 18.0 Å². The third-order valence-electron chi connectivity index (χ3n) is 6.80. The van der Waals surface area contributed by atoms with Crippen LogP contribution in [0.25, 0.3) is 0 Å². The van der Waals surface area contributed by atoms with Gasteiger partial charge in [0.25, 0.3) is 0 Å². The quantitative estimate of drug-likeness (QED) is 0.204. The first-order valence-electron chi connectivity index (χ1n) is 13.1. The summed E-state index contributed by atoms with van der Waals surface area (Å²) in [7, 11) is 3.86. The van der Waals surface area contributed by atoms with Gasteiger partial charge in [-0.3, -0.25) is 15.1 Å². The van der Waals surface area contributed by atoms with Gasteiger partial charge in [0.1, 0.15) is 12.0 Å². The van der Waals surface area contributed by atoms with Gasteiger partial charge < -0.3 is 15.6 Å². The maximum Gasteiger partial charge on any atom is 0.416 e. The second kappa shape index (κ2) is 14.4. The van der Waals surface area contributed by atoms with E-state index < -0.39 is 11.7 Å². The van der Waals surface area contributed by atoms with E-state index in [1.54, 1.807) is 0 Å². The number of carbonyl (C=O) groups is 1. The molecule has 3 N–H and O–H groups in total. The van der Waals surface area contributed by atoms with Crippen molar-refractivity contribution in [3.05, 3.63) is 99.6 Å². The number of hydrogen-bond acceptors (Lipinski definition) is 6. The highest BCUT2D eigenvalue weighted by Gasteiger charge is 2.34. The van der Waals surface area contributed by atoms with Crippen LogP contribution in [-0.2, 0) is 12.7 Å². The molecule has 0 saturated carbocycles. The van der Waals surface area contributed by atoms with E-state index >= 15 is 0 Å². The van der Waals surface area contributed by atoms with Crippen molar-refractivity contribution in [3.63, 3.8) is 0 Å². The molecule has 0 amide bonds. The van der Waals surface area contributed by atoms with Gasteiger partial charge in [0.2, 0.25) is 0 Å². The highest BCUT2D eigenvalue weighted by atomic mass is 19.4. The van der Waals surface area contributed by atoms with Gasteiger partial charge in [-0.05, 0) is 49.2 Å². The van der Waals surface area contributed by atoms with Gasteiger partial charge in [-0.25, -0.2) is 0 Å². The van der Waals surface area contributed by atoms with Crippen LogP contribution in [0.5, 0.6) is 0 Å². The van der Waals surface area contributed by atoms with Crippen molar-refractivity contribution in [1.82, 2.24) is 9.80 Å². The minimum Gasteiger partial charge on any atom is -0.388 e. The van der Waals surface area contributed by atoms with Gasteiger partial charge in [0.05, 0.1) is 5.56 Å². The summed E-state index contributed by atoms with van der Waals surface area (Å²) in [5.74, 6) is 5.93. The molecule has 1 heterocycles. The SMILES string of the molecule is CN1CCN(Cc2ccc(C=O)cc2C(F)(F)F)CC1.CNc1ccc(C)c(C#CC(=N)c2ccccc2C=N)c1. The Bertz CT molecular complexity index is 1450. The number of nitrogens with zero attached hydrogens (tertiary/aromatic N) is 2. The lowest BCUT2D eigenvalue weighted by atomic mass is 10.0. The predicted octanol–water partition coefficient (Wildman–Crippen LogP) is 5.72. The molecule has 0 aromatic heterocycles. The largest absolute Gasteiger partial charge is 0.416 e. The lowest BCUT2D eigenvalue weighted by Gasteiger charge is -2.32. The van der Waals surface area contributed by atoms with Crippen LogP contribution in [-0.4, -0.2) is 68.3 Å². The van der Waals surface area contributed by atoms with Crippen LogP contribution in [0.2, 0.25) is 0 Å². The van der Waals surface area contributed by atoms with Crippen LogP contribution in [0.4, 0.5) is 18.9 Å². The first kappa shape index (κ1) is 31.3. The van der Waals surface area contributed by atoms with Gasteiger partial charge >= 0.3 is 6.18 Å². The molecule has 1 aliphatic heterocycles. The zero-order valence-electron chi connectivity index (χ0n) is 23.4. The van der Waals surface area contributed by atoms with Crippen LogP contribution in [0, 0.1) is 29.6 Å². The van der Waals surface area contributed by atoms with Gasteiger partial charge in [-0.2, -0.15) is 13.2 Å². The topological polar surface area (TPSA) is 83.3 Å². The second-order valence-corrected chi connectivity index (χ2v) is 9.75. The summed E-state index contributed by atoms with van der Waals surface area (Å²) in [6.45, 7) is 5.48. The van der Waals surface area contributed by atoms with E-state index in [1.807, 2.05) is 68.4 Å². The molecule has 1 saturated heterocycles. The fourth-order valence-corrected chi connectivity index (χ4v) is 4.28. The number of hydrogen-bond donors (Lipinski definition) is 3. The number of aldehydes is 1. The van der Waals surface area contributed by atoms with E-state index in [0.29, 0.717) is 17.4 Å². The van der Waals surface area contributed by atoms with Crippen LogP contribution >= 0.6 is 0 Å². The second-order valence-electron chi connectivity index (χ2n) is 9.75. The molecular formula is C32H34F3N5O. The summed E-state index contributed by atoms with van der Waals surface area (Å²) in [6, 6.07) is 17.1. The molecule has 3 aromatic rings. The number of aryl methyl sites for hydroxylation is 1. The molecule has 1 aliphatic rings. The van der Waals surface area contributed by atoms with E-state index in [1.165, 1.54) is 18.3 Å². The lowest BCUT2D eigenvalue weighted by molar-refractivity contribution is -0.138. The molecule has 1 fully saturated rings. The van der Waals surface area contributed by atoms with Crippen molar-refractivity contribution in [2.24, 2.45) is 0 Å². The molecule has 0 bridgehead atoms. The highest BCUT2D eigenvalue weighted by Crippen LogP contribution is 2.33. The van der Waals surface area contributed by atoms with Crippen molar-refractivity contribution in [2.45, 2.75) is 19.6 Å². The zero-order valence-corrected chi connectivity index (χ0v) is 23.4. The van der Waals surface area contributed by atoms with Gasteiger partial charge in [-0.1, -0.05) is 48.4 Å². The molecular weight excluding hydrogens is 527 g/mol. The average Bonchev–Trinajstić information content (AvgIpc) is 2.97. The smallest absolute Gasteiger partial charge is 0.388 e. The van der Waals surface area contributed by atoms with Gasteiger partial charge in [0, 0.05) is 73.9 Å². The third-order valence-corrected chi connectivity index (χ3v) is 6.80. The number of halogens is 3. The Labute approximate surface area is 239 Å². The van der Waals surface area contributed by atoms with Crippen LogP contribution in [0.1, 0.15) is 43.7 Å². The fourth-order valence-electron chi connectivity index (χ4n) is 4.28. The molecule has 3 aromatic carbocycles. The number of rotatable bonds is 6. The maximum atomic E-state index is 13.0. The minimum atomic E-state index is -4.43. The molecule has 9 heteroatoms. The maximum absolute atomic E-state index is 13.0. The molecule has 0 aliphatic carbocycles. The van der Waals surface area contributed by atoms with E-state index in [2.05, 4.69) is 22.1 Å². The summed E-state index contributed by atoms with van der Waals surface area (Å²) in [4.78, 5) is 14.8. The number of benzene rings is 3. The number of nitrogens with one attached hydrogen (secondary N) is 3. The first-order chi connectivity index (χ1) is 19.5. The van der Waals surface area contributed by atoms with E-state index in [4.69, 9.17) is 10.8 Å².